The highest BCUT2D eigenvalue weighted by atomic mass is 35.5. The van der Waals surface area contributed by atoms with E-state index in [1.807, 2.05) is 13.0 Å². The van der Waals surface area contributed by atoms with E-state index in [9.17, 15) is 5.11 Å². The average molecular weight is 624 g/mol. The summed E-state index contributed by atoms with van der Waals surface area (Å²) < 4.78 is 20.2. The number of hydrogen-bond acceptors (Lipinski definition) is 7. The summed E-state index contributed by atoms with van der Waals surface area (Å²) in [6.07, 6.45) is 10.7. The van der Waals surface area contributed by atoms with Crippen LogP contribution in [-0.4, -0.2) is 56.0 Å². The number of nitrogen functional groups attached to an aromatic ring is 1. The van der Waals surface area contributed by atoms with Crippen LogP contribution in [0.2, 0.25) is 10.0 Å². The lowest BCUT2D eigenvalue weighted by Gasteiger charge is -2.30. The zero-order valence-electron chi connectivity index (χ0n) is 21.3. The molecule has 8 nitrogen and oxygen atoms in total. The van der Waals surface area contributed by atoms with E-state index >= 15 is 0 Å². The van der Waals surface area contributed by atoms with Crippen molar-refractivity contribution in [2.75, 3.05) is 18.9 Å². The third kappa shape index (κ3) is 5.85. The molecule has 1 aliphatic carbocycles. The van der Waals surface area contributed by atoms with Gasteiger partial charge in [0, 0.05) is 27.2 Å². The fourth-order valence-corrected chi connectivity index (χ4v) is 5.95. The molecule has 5 rings (SSSR count). The summed E-state index contributed by atoms with van der Waals surface area (Å²) in [5.74, 6) is 2.70. The van der Waals surface area contributed by atoms with Crippen molar-refractivity contribution in [3.63, 3.8) is 0 Å². The van der Waals surface area contributed by atoms with Gasteiger partial charge in [0.2, 0.25) is 0 Å². The number of alkyl halides is 1. The number of aliphatic hydroxyl groups is 1. The SMILES string of the molecule is C#Cc1cn([C@@H]2O[C@H](COCC3C=CC(Cl)=CC3(C)Cl)[C@@H](OCc3ccc(Cl)cc3Cl)[C@H]2O)c2ncnc(N)c12. The maximum atomic E-state index is 11.5. The van der Waals surface area contributed by atoms with Crippen molar-refractivity contribution in [3.05, 3.63) is 75.2 Å². The lowest BCUT2D eigenvalue weighted by Crippen LogP contribution is -2.38. The van der Waals surface area contributed by atoms with Crippen molar-refractivity contribution in [2.24, 2.45) is 5.92 Å². The van der Waals surface area contributed by atoms with Gasteiger partial charge in [0.15, 0.2) is 6.23 Å². The minimum absolute atomic E-state index is 0.107. The van der Waals surface area contributed by atoms with Gasteiger partial charge in [-0.25, -0.2) is 9.97 Å². The Bertz CT molecular complexity index is 1520. The normalized spacial score (nSPS) is 28.1. The molecular weight excluding hydrogens is 598 g/mol. The van der Waals surface area contributed by atoms with Crippen LogP contribution in [0.1, 0.15) is 24.3 Å². The van der Waals surface area contributed by atoms with Crippen molar-refractivity contribution in [3.8, 4) is 12.3 Å². The van der Waals surface area contributed by atoms with Crippen LogP contribution in [0.3, 0.4) is 0 Å². The van der Waals surface area contributed by atoms with Crippen LogP contribution in [0, 0.1) is 18.3 Å². The highest BCUT2D eigenvalue weighted by molar-refractivity contribution is 6.35. The van der Waals surface area contributed by atoms with Crippen molar-refractivity contribution in [1.82, 2.24) is 14.5 Å². The second-order valence-electron chi connectivity index (χ2n) is 9.80. The minimum Gasteiger partial charge on any atom is -0.386 e. The molecule has 1 fully saturated rings. The van der Waals surface area contributed by atoms with Gasteiger partial charge in [-0.15, -0.1) is 18.0 Å². The number of nitrogens with zero attached hydrogens (tertiary/aromatic N) is 3. The molecule has 3 heterocycles. The summed E-state index contributed by atoms with van der Waals surface area (Å²) in [7, 11) is 0. The molecule has 1 aromatic carbocycles. The zero-order valence-corrected chi connectivity index (χ0v) is 24.3. The van der Waals surface area contributed by atoms with Gasteiger partial charge in [-0.2, -0.15) is 0 Å². The monoisotopic (exact) mass is 622 g/mol. The molecule has 2 unspecified atom stereocenters. The number of ether oxygens (including phenoxy) is 3. The number of benzene rings is 1. The molecule has 1 saturated heterocycles. The van der Waals surface area contributed by atoms with Gasteiger partial charge in [-0.3, -0.25) is 0 Å². The van der Waals surface area contributed by atoms with E-state index in [1.54, 1.807) is 41.1 Å². The summed E-state index contributed by atoms with van der Waals surface area (Å²) in [6, 6.07) is 5.12. The number of rotatable bonds is 8. The zero-order chi connectivity index (χ0) is 28.6. The lowest BCUT2D eigenvalue weighted by atomic mass is 9.90. The molecule has 0 bridgehead atoms. The number of anilines is 1. The first-order valence-electron chi connectivity index (χ1n) is 12.4. The van der Waals surface area contributed by atoms with Crippen LogP contribution >= 0.6 is 46.4 Å². The summed E-state index contributed by atoms with van der Waals surface area (Å²) in [6.45, 7) is 2.39. The second-order valence-corrected chi connectivity index (χ2v) is 11.9. The fraction of sp³-hybridized carbons (Fsp3) is 0.357. The van der Waals surface area contributed by atoms with Crippen LogP contribution in [0.25, 0.3) is 11.0 Å². The van der Waals surface area contributed by atoms with Gasteiger partial charge in [-0.1, -0.05) is 52.9 Å². The van der Waals surface area contributed by atoms with Gasteiger partial charge in [0.25, 0.3) is 0 Å². The number of terminal acetylenes is 1. The highest BCUT2D eigenvalue weighted by Gasteiger charge is 2.46. The van der Waals surface area contributed by atoms with Crippen molar-refractivity contribution in [1.29, 1.82) is 0 Å². The topological polar surface area (TPSA) is 105 Å². The van der Waals surface area contributed by atoms with E-state index in [0.29, 0.717) is 43.8 Å². The molecule has 1 aliphatic heterocycles. The van der Waals surface area contributed by atoms with E-state index < -0.39 is 29.4 Å². The Hall–Kier alpha value is -2.32. The molecule has 2 aliphatic rings. The Morgan fingerprint density at radius 1 is 1.25 bits per heavy atom. The molecule has 0 saturated carbocycles. The van der Waals surface area contributed by atoms with E-state index in [4.69, 9.17) is 72.8 Å². The number of halogens is 4. The highest BCUT2D eigenvalue weighted by Crippen LogP contribution is 2.38. The summed E-state index contributed by atoms with van der Waals surface area (Å²) in [4.78, 5) is 7.68. The maximum absolute atomic E-state index is 11.5. The predicted molar refractivity (Wildman–Crippen MR) is 156 cm³/mol. The standard InChI is InChI=1S/C28H26Cl4N4O4/c1-3-15-10-36(26-22(15)25(33)34-14-35-26)27-23(37)24(39-11-16-4-6-18(29)8-20(16)31)21(40-27)13-38-12-17-5-7-19(30)9-28(17,2)32/h1,4-10,14,17,21,23-24,27,37H,11-13H2,2H3,(H2,33,34,35)/t17?,21-,23-,24-,27-,28?/m1/s1. The summed E-state index contributed by atoms with van der Waals surface area (Å²) >= 11 is 25.2. The average Bonchev–Trinajstić information content (AvgIpc) is 3.42. The fourth-order valence-electron chi connectivity index (χ4n) is 4.88. The van der Waals surface area contributed by atoms with Crippen LogP contribution in [-0.2, 0) is 20.8 Å². The minimum atomic E-state index is -1.12. The summed E-state index contributed by atoms with van der Waals surface area (Å²) in [5, 5.41) is 13.5. The molecular formula is C28H26Cl4N4O4. The second kappa shape index (κ2) is 11.9. The maximum Gasteiger partial charge on any atom is 0.164 e. The number of aromatic nitrogens is 3. The Kier molecular flexibility index (Phi) is 8.67. The molecule has 12 heteroatoms. The molecule has 210 valence electrons. The molecule has 0 amide bonds. The van der Waals surface area contributed by atoms with Crippen molar-refractivity contribution < 1.29 is 19.3 Å². The van der Waals surface area contributed by atoms with Gasteiger partial charge >= 0.3 is 0 Å². The first kappa shape index (κ1) is 29.2. The molecule has 0 spiro atoms. The van der Waals surface area contributed by atoms with Gasteiger partial charge in [0.1, 0.15) is 36.1 Å². The Morgan fingerprint density at radius 2 is 2.05 bits per heavy atom. The van der Waals surface area contributed by atoms with Crippen molar-refractivity contribution >= 4 is 63.3 Å². The Labute approximate surface area is 251 Å². The van der Waals surface area contributed by atoms with Gasteiger partial charge in [0.05, 0.1) is 35.6 Å². The number of nitrogens with two attached hydrogens (primary N) is 1. The first-order chi connectivity index (χ1) is 19.1. The molecule has 2 aromatic heterocycles. The molecule has 0 radical (unpaired) electrons. The summed E-state index contributed by atoms with van der Waals surface area (Å²) in [5.41, 5.74) is 7.69. The number of fused-ring (bicyclic) bond motifs is 1. The van der Waals surface area contributed by atoms with Gasteiger partial charge < -0.3 is 29.6 Å². The van der Waals surface area contributed by atoms with E-state index in [2.05, 4.69) is 15.9 Å². The third-order valence-electron chi connectivity index (χ3n) is 7.04. The van der Waals surface area contributed by atoms with E-state index in [-0.39, 0.29) is 24.9 Å². The first-order valence-corrected chi connectivity index (χ1v) is 13.9. The van der Waals surface area contributed by atoms with Crippen LogP contribution < -0.4 is 5.73 Å². The number of hydrogen-bond donors (Lipinski definition) is 2. The van der Waals surface area contributed by atoms with Crippen molar-refractivity contribution in [2.45, 2.75) is 42.9 Å². The Balaban J connectivity index is 1.38. The molecule has 3 aromatic rings. The smallest absolute Gasteiger partial charge is 0.164 e. The van der Waals surface area contributed by atoms with Gasteiger partial charge in [-0.05, 0) is 36.8 Å². The Morgan fingerprint density at radius 3 is 2.77 bits per heavy atom. The molecule has 40 heavy (non-hydrogen) atoms. The molecule has 6 atom stereocenters. The lowest BCUT2D eigenvalue weighted by molar-refractivity contribution is -0.0822. The molecule has 3 N–H and O–H groups in total. The van der Waals surface area contributed by atoms with E-state index in [1.165, 1.54) is 6.33 Å². The predicted octanol–water partition coefficient (Wildman–Crippen LogP) is 5.47. The number of aliphatic hydroxyl groups excluding tert-OH is 1. The van der Waals surface area contributed by atoms with Crippen LogP contribution in [0.5, 0.6) is 0 Å². The van der Waals surface area contributed by atoms with E-state index in [0.717, 1.165) is 0 Å². The third-order valence-corrected chi connectivity index (χ3v) is 8.25. The number of allylic oxidation sites excluding steroid dienone is 3. The quantitative estimate of drug-likeness (QED) is 0.253. The van der Waals surface area contributed by atoms with Crippen LogP contribution in [0.15, 0.2) is 54.0 Å². The van der Waals surface area contributed by atoms with Crippen LogP contribution in [0.4, 0.5) is 5.82 Å². The largest absolute Gasteiger partial charge is 0.386 e.